The minimum Gasteiger partial charge on any atom is -0.492 e. The van der Waals surface area contributed by atoms with Crippen LogP contribution in [0.2, 0.25) is 0 Å². The summed E-state index contributed by atoms with van der Waals surface area (Å²) in [6, 6.07) is 7.24. The van der Waals surface area contributed by atoms with Gasteiger partial charge in [0.05, 0.1) is 30.9 Å². The first-order valence-corrected chi connectivity index (χ1v) is 8.49. The number of hydrogen-bond acceptors (Lipinski definition) is 6. The number of carbonyl (C=O) groups is 2. The quantitative estimate of drug-likeness (QED) is 0.562. The van der Waals surface area contributed by atoms with E-state index in [2.05, 4.69) is 15.3 Å². The van der Waals surface area contributed by atoms with Crippen LogP contribution in [0.4, 0.5) is 5.69 Å². The molecule has 2 rings (SSSR count). The van der Waals surface area contributed by atoms with E-state index in [0.29, 0.717) is 29.8 Å². The predicted octanol–water partition coefficient (Wildman–Crippen LogP) is 2.72. The Labute approximate surface area is 144 Å². The third-order valence-corrected chi connectivity index (χ3v) is 3.74. The molecule has 0 unspecified atom stereocenters. The molecule has 1 aromatic carbocycles. The molecular formula is C16H19N3O4S. The summed E-state index contributed by atoms with van der Waals surface area (Å²) in [6.45, 7) is 4.42. The number of rotatable bonds is 8. The molecule has 8 heteroatoms. The molecule has 24 heavy (non-hydrogen) atoms. The number of thioether (sulfide) groups is 1. The molecule has 1 aromatic heterocycles. The maximum atomic E-state index is 12.1. The largest absolute Gasteiger partial charge is 0.492 e. The van der Waals surface area contributed by atoms with Crippen LogP contribution in [0, 0.1) is 0 Å². The zero-order valence-electron chi connectivity index (χ0n) is 13.5. The van der Waals surface area contributed by atoms with Crippen molar-refractivity contribution in [3.05, 3.63) is 36.2 Å². The summed E-state index contributed by atoms with van der Waals surface area (Å²) in [5, 5.41) is 3.28. The van der Waals surface area contributed by atoms with Crippen molar-refractivity contribution in [3.8, 4) is 5.75 Å². The number of benzene rings is 1. The van der Waals surface area contributed by atoms with Crippen molar-refractivity contribution < 1.29 is 19.1 Å². The second kappa shape index (κ2) is 8.97. The van der Waals surface area contributed by atoms with Crippen LogP contribution >= 0.6 is 11.8 Å². The SMILES string of the molecule is CCOC(=O)c1cnc(SCC(=O)Nc2ccccc2OCC)[nH]1. The number of H-pyrrole nitrogens is 1. The van der Waals surface area contributed by atoms with E-state index in [0.717, 1.165) is 0 Å². The Morgan fingerprint density at radius 1 is 1.25 bits per heavy atom. The topological polar surface area (TPSA) is 93.3 Å². The first kappa shape index (κ1) is 17.9. The van der Waals surface area contributed by atoms with Crippen LogP contribution in [-0.2, 0) is 9.53 Å². The van der Waals surface area contributed by atoms with Gasteiger partial charge < -0.3 is 19.8 Å². The van der Waals surface area contributed by atoms with E-state index in [-0.39, 0.29) is 17.4 Å². The van der Waals surface area contributed by atoms with Gasteiger partial charge in [0.25, 0.3) is 0 Å². The molecule has 0 saturated carbocycles. The van der Waals surface area contributed by atoms with E-state index in [1.807, 2.05) is 19.1 Å². The lowest BCUT2D eigenvalue weighted by Crippen LogP contribution is -2.15. The van der Waals surface area contributed by atoms with E-state index in [4.69, 9.17) is 9.47 Å². The Hall–Kier alpha value is -2.48. The number of anilines is 1. The van der Waals surface area contributed by atoms with Crippen molar-refractivity contribution in [2.24, 2.45) is 0 Å². The van der Waals surface area contributed by atoms with E-state index in [1.54, 1.807) is 19.1 Å². The van der Waals surface area contributed by atoms with Crippen molar-refractivity contribution in [3.63, 3.8) is 0 Å². The molecule has 2 N–H and O–H groups in total. The number of esters is 1. The number of ether oxygens (including phenoxy) is 2. The molecule has 0 radical (unpaired) electrons. The van der Waals surface area contributed by atoms with Crippen LogP contribution < -0.4 is 10.1 Å². The third kappa shape index (κ3) is 5.02. The lowest BCUT2D eigenvalue weighted by molar-refractivity contribution is -0.113. The van der Waals surface area contributed by atoms with Crippen LogP contribution in [0.3, 0.4) is 0 Å². The summed E-state index contributed by atoms with van der Waals surface area (Å²) in [6.07, 6.45) is 1.39. The number of carbonyl (C=O) groups excluding carboxylic acids is 2. The van der Waals surface area contributed by atoms with Gasteiger partial charge in [0, 0.05) is 0 Å². The minimum absolute atomic E-state index is 0.149. The van der Waals surface area contributed by atoms with Gasteiger partial charge in [-0.15, -0.1) is 0 Å². The Kier molecular flexibility index (Phi) is 6.68. The molecule has 1 amide bonds. The Bertz CT molecular complexity index is 702. The highest BCUT2D eigenvalue weighted by Gasteiger charge is 2.12. The first-order chi connectivity index (χ1) is 11.6. The number of imidazole rings is 1. The standard InChI is InChI=1S/C16H19N3O4S/c1-3-22-13-8-6-5-7-11(13)18-14(20)10-24-16-17-9-12(19-16)15(21)23-4-2/h5-9H,3-4,10H2,1-2H3,(H,17,19)(H,18,20). The fourth-order valence-electron chi connectivity index (χ4n) is 1.86. The summed E-state index contributed by atoms with van der Waals surface area (Å²) < 4.78 is 10.3. The Balaban J connectivity index is 1.89. The predicted molar refractivity (Wildman–Crippen MR) is 91.5 cm³/mol. The lowest BCUT2D eigenvalue weighted by Gasteiger charge is -2.10. The van der Waals surface area contributed by atoms with Gasteiger partial charge in [0.2, 0.25) is 5.91 Å². The summed E-state index contributed by atoms with van der Waals surface area (Å²) in [5.41, 5.74) is 0.887. The van der Waals surface area contributed by atoms with Gasteiger partial charge in [-0.3, -0.25) is 4.79 Å². The number of hydrogen-bond donors (Lipinski definition) is 2. The summed E-state index contributed by atoms with van der Waals surface area (Å²) in [4.78, 5) is 30.5. The molecule has 128 valence electrons. The molecule has 0 spiro atoms. The summed E-state index contributed by atoms with van der Waals surface area (Å²) in [7, 11) is 0. The van der Waals surface area contributed by atoms with E-state index in [1.165, 1.54) is 18.0 Å². The number of para-hydroxylation sites is 2. The Morgan fingerprint density at radius 3 is 2.79 bits per heavy atom. The Morgan fingerprint density at radius 2 is 2.04 bits per heavy atom. The lowest BCUT2D eigenvalue weighted by atomic mass is 10.3. The third-order valence-electron chi connectivity index (χ3n) is 2.85. The molecule has 0 aliphatic heterocycles. The second-order valence-corrected chi connectivity index (χ2v) is 5.55. The zero-order chi connectivity index (χ0) is 17.4. The smallest absolute Gasteiger partial charge is 0.356 e. The number of aromatic amines is 1. The highest BCUT2D eigenvalue weighted by molar-refractivity contribution is 7.99. The van der Waals surface area contributed by atoms with Crippen molar-refractivity contribution in [2.45, 2.75) is 19.0 Å². The number of nitrogens with zero attached hydrogens (tertiary/aromatic N) is 1. The van der Waals surface area contributed by atoms with Gasteiger partial charge in [0.1, 0.15) is 11.4 Å². The second-order valence-electron chi connectivity index (χ2n) is 4.59. The molecule has 0 saturated heterocycles. The maximum absolute atomic E-state index is 12.1. The van der Waals surface area contributed by atoms with Crippen LogP contribution in [0.25, 0.3) is 0 Å². The average molecular weight is 349 g/mol. The normalized spacial score (nSPS) is 10.2. The molecule has 1 heterocycles. The van der Waals surface area contributed by atoms with E-state index in [9.17, 15) is 9.59 Å². The first-order valence-electron chi connectivity index (χ1n) is 7.50. The molecule has 0 aliphatic rings. The molecule has 0 aliphatic carbocycles. The zero-order valence-corrected chi connectivity index (χ0v) is 14.3. The summed E-state index contributed by atoms with van der Waals surface area (Å²) >= 11 is 1.20. The van der Waals surface area contributed by atoms with E-state index >= 15 is 0 Å². The number of nitrogens with one attached hydrogen (secondary N) is 2. The molecule has 0 atom stereocenters. The number of amides is 1. The van der Waals surface area contributed by atoms with Crippen LogP contribution in [0.15, 0.2) is 35.6 Å². The van der Waals surface area contributed by atoms with Gasteiger partial charge >= 0.3 is 5.97 Å². The average Bonchev–Trinajstić information content (AvgIpc) is 3.04. The van der Waals surface area contributed by atoms with Gasteiger partial charge in [-0.2, -0.15) is 0 Å². The minimum atomic E-state index is -0.466. The van der Waals surface area contributed by atoms with Crippen LogP contribution in [0.5, 0.6) is 5.75 Å². The monoisotopic (exact) mass is 349 g/mol. The van der Waals surface area contributed by atoms with Crippen molar-refractivity contribution in [1.29, 1.82) is 0 Å². The number of aromatic nitrogens is 2. The van der Waals surface area contributed by atoms with Crippen molar-refractivity contribution in [1.82, 2.24) is 9.97 Å². The van der Waals surface area contributed by atoms with Gasteiger partial charge in [-0.05, 0) is 26.0 Å². The highest BCUT2D eigenvalue weighted by atomic mass is 32.2. The maximum Gasteiger partial charge on any atom is 0.356 e. The highest BCUT2D eigenvalue weighted by Crippen LogP contribution is 2.24. The van der Waals surface area contributed by atoms with Crippen molar-refractivity contribution in [2.75, 3.05) is 24.3 Å². The fourth-order valence-corrected chi connectivity index (χ4v) is 2.51. The molecular weight excluding hydrogens is 330 g/mol. The molecule has 7 nitrogen and oxygen atoms in total. The molecule has 0 fully saturated rings. The fraction of sp³-hybridized carbons (Fsp3) is 0.312. The molecule has 2 aromatic rings. The van der Waals surface area contributed by atoms with Crippen LogP contribution in [-0.4, -0.2) is 40.8 Å². The molecule has 0 bridgehead atoms. The van der Waals surface area contributed by atoms with Gasteiger partial charge in [-0.1, -0.05) is 23.9 Å². The van der Waals surface area contributed by atoms with E-state index < -0.39 is 5.97 Å². The summed E-state index contributed by atoms with van der Waals surface area (Å²) in [5.74, 6) is 0.116. The van der Waals surface area contributed by atoms with Crippen LogP contribution in [0.1, 0.15) is 24.3 Å². The van der Waals surface area contributed by atoms with Crippen molar-refractivity contribution >= 4 is 29.3 Å². The van der Waals surface area contributed by atoms with Gasteiger partial charge in [-0.25, -0.2) is 9.78 Å². The van der Waals surface area contributed by atoms with Gasteiger partial charge in [0.15, 0.2) is 5.16 Å².